The van der Waals surface area contributed by atoms with Gasteiger partial charge in [-0.3, -0.25) is 4.79 Å². The second-order valence-electron chi connectivity index (χ2n) is 5.16. The van der Waals surface area contributed by atoms with Gasteiger partial charge in [0.25, 0.3) is 0 Å². The molecule has 1 fully saturated rings. The third-order valence-corrected chi connectivity index (χ3v) is 3.57. The van der Waals surface area contributed by atoms with Crippen LogP contribution in [0.2, 0.25) is 0 Å². The monoisotopic (exact) mass is 231 g/mol. The number of rotatable bonds is 4. The van der Waals surface area contributed by atoms with Crippen LogP contribution in [0.15, 0.2) is 24.3 Å². The highest BCUT2D eigenvalue weighted by atomic mass is 16.1. The topological polar surface area (TPSA) is 20.3 Å². The zero-order chi connectivity index (χ0) is 12.1. The first-order valence-corrected chi connectivity index (χ1v) is 6.54. The molecular weight excluding hydrogens is 210 g/mol. The standard InChI is InChI=1S/C15H21NO/c1-13-3-2-9-16(11-13)10-8-14-4-6-15(12-17)7-5-14/h4-7,12-13H,2-3,8-11H2,1H3. The molecule has 2 heteroatoms. The van der Waals surface area contributed by atoms with Crippen LogP contribution in [0, 0.1) is 5.92 Å². The van der Waals surface area contributed by atoms with E-state index in [0.717, 1.165) is 30.7 Å². The van der Waals surface area contributed by atoms with Crippen LogP contribution in [0.25, 0.3) is 0 Å². The smallest absolute Gasteiger partial charge is 0.150 e. The van der Waals surface area contributed by atoms with Gasteiger partial charge < -0.3 is 4.90 Å². The Labute approximate surface area is 104 Å². The van der Waals surface area contributed by atoms with Crippen LogP contribution in [-0.4, -0.2) is 30.8 Å². The molecule has 1 aromatic rings. The molecular formula is C15H21NO. The third kappa shape index (κ3) is 3.67. The zero-order valence-corrected chi connectivity index (χ0v) is 10.6. The van der Waals surface area contributed by atoms with E-state index in [9.17, 15) is 4.79 Å². The molecule has 1 heterocycles. The summed E-state index contributed by atoms with van der Waals surface area (Å²) >= 11 is 0. The van der Waals surface area contributed by atoms with E-state index in [2.05, 4.69) is 24.0 Å². The van der Waals surface area contributed by atoms with Crippen molar-refractivity contribution in [2.75, 3.05) is 19.6 Å². The summed E-state index contributed by atoms with van der Waals surface area (Å²) in [4.78, 5) is 13.1. The second-order valence-corrected chi connectivity index (χ2v) is 5.16. The summed E-state index contributed by atoms with van der Waals surface area (Å²) in [5.74, 6) is 0.848. The van der Waals surface area contributed by atoms with E-state index in [4.69, 9.17) is 0 Å². The minimum atomic E-state index is 0.764. The lowest BCUT2D eigenvalue weighted by atomic mass is 10.00. The lowest BCUT2D eigenvalue weighted by molar-refractivity contribution is 0.112. The highest BCUT2D eigenvalue weighted by Crippen LogP contribution is 2.15. The summed E-state index contributed by atoms with van der Waals surface area (Å²) < 4.78 is 0. The minimum absolute atomic E-state index is 0.764. The van der Waals surface area contributed by atoms with Gasteiger partial charge >= 0.3 is 0 Å². The average molecular weight is 231 g/mol. The van der Waals surface area contributed by atoms with Gasteiger partial charge in [-0.2, -0.15) is 0 Å². The molecule has 1 saturated heterocycles. The Kier molecular flexibility index (Phi) is 4.32. The third-order valence-electron chi connectivity index (χ3n) is 3.57. The number of hydrogen-bond acceptors (Lipinski definition) is 2. The van der Waals surface area contributed by atoms with E-state index in [1.807, 2.05) is 12.1 Å². The number of carbonyl (C=O) groups is 1. The van der Waals surface area contributed by atoms with Crippen molar-refractivity contribution in [2.24, 2.45) is 5.92 Å². The van der Waals surface area contributed by atoms with Gasteiger partial charge in [-0.25, -0.2) is 0 Å². The summed E-state index contributed by atoms with van der Waals surface area (Å²) in [5, 5.41) is 0. The van der Waals surface area contributed by atoms with Gasteiger partial charge in [0.1, 0.15) is 6.29 Å². The number of piperidine rings is 1. The molecule has 1 aliphatic rings. The Morgan fingerprint density at radius 2 is 2.12 bits per heavy atom. The van der Waals surface area contributed by atoms with Crippen molar-refractivity contribution in [1.82, 2.24) is 4.90 Å². The van der Waals surface area contributed by atoms with Crippen molar-refractivity contribution in [1.29, 1.82) is 0 Å². The number of benzene rings is 1. The zero-order valence-electron chi connectivity index (χ0n) is 10.6. The van der Waals surface area contributed by atoms with E-state index < -0.39 is 0 Å². The molecule has 0 aliphatic carbocycles. The number of carbonyl (C=O) groups excluding carboxylic acids is 1. The van der Waals surface area contributed by atoms with E-state index >= 15 is 0 Å². The summed E-state index contributed by atoms with van der Waals surface area (Å²) in [7, 11) is 0. The van der Waals surface area contributed by atoms with Gasteiger partial charge in [0.15, 0.2) is 0 Å². The Bertz CT molecular complexity index is 358. The van der Waals surface area contributed by atoms with Crippen molar-refractivity contribution in [2.45, 2.75) is 26.2 Å². The molecule has 92 valence electrons. The van der Waals surface area contributed by atoms with Gasteiger partial charge in [0, 0.05) is 18.7 Å². The number of likely N-dealkylation sites (tertiary alicyclic amines) is 1. The van der Waals surface area contributed by atoms with Crippen LogP contribution in [0.1, 0.15) is 35.7 Å². The SMILES string of the molecule is CC1CCCN(CCc2ccc(C=O)cc2)C1. The van der Waals surface area contributed by atoms with Crippen LogP contribution >= 0.6 is 0 Å². The first-order chi connectivity index (χ1) is 8.28. The lowest BCUT2D eigenvalue weighted by Gasteiger charge is -2.30. The molecule has 2 rings (SSSR count). The van der Waals surface area contributed by atoms with Crippen LogP contribution in [0.3, 0.4) is 0 Å². The average Bonchev–Trinajstić information content (AvgIpc) is 2.37. The van der Waals surface area contributed by atoms with Crippen LogP contribution in [-0.2, 0) is 6.42 Å². The molecule has 1 atom stereocenters. The normalized spacial score (nSPS) is 21.4. The summed E-state index contributed by atoms with van der Waals surface area (Å²) in [6.07, 6.45) is 4.71. The number of nitrogens with zero attached hydrogens (tertiary/aromatic N) is 1. The Hall–Kier alpha value is -1.15. The fourth-order valence-corrected chi connectivity index (χ4v) is 2.54. The highest BCUT2D eigenvalue weighted by molar-refractivity contribution is 5.74. The van der Waals surface area contributed by atoms with E-state index in [1.165, 1.54) is 31.5 Å². The van der Waals surface area contributed by atoms with Crippen LogP contribution in [0.4, 0.5) is 0 Å². The van der Waals surface area contributed by atoms with Crippen molar-refractivity contribution in [3.63, 3.8) is 0 Å². The van der Waals surface area contributed by atoms with Gasteiger partial charge in [-0.05, 0) is 37.3 Å². The van der Waals surface area contributed by atoms with E-state index in [0.29, 0.717) is 0 Å². The largest absolute Gasteiger partial charge is 0.303 e. The lowest BCUT2D eigenvalue weighted by Crippen LogP contribution is -2.35. The fraction of sp³-hybridized carbons (Fsp3) is 0.533. The van der Waals surface area contributed by atoms with Crippen molar-refractivity contribution in [3.8, 4) is 0 Å². The van der Waals surface area contributed by atoms with Gasteiger partial charge in [0.05, 0.1) is 0 Å². The van der Waals surface area contributed by atoms with Crippen molar-refractivity contribution < 1.29 is 4.79 Å². The minimum Gasteiger partial charge on any atom is -0.303 e. The van der Waals surface area contributed by atoms with Gasteiger partial charge in [-0.1, -0.05) is 31.2 Å². The first kappa shape index (κ1) is 12.3. The molecule has 0 N–H and O–H groups in total. The molecule has 1 aliphatic heterocycles. The molecule has 0 amide bonds. The first-order valence-electron chi connectivity index (χ1n) is 6.54. The van der Waals surface area contributed by atoms with Crippen molar-refractivity contribution in [3.05, 3.63) is 35.4 Å². The maximum Gasteiger partial charge on any atom is 0.150 e. The highest BCUT2D eigenvalue weighted by Gasteiger charge is 2.15. The summed E-state index contributed by atoms with van der Waals surface area (Å²) in [6, 6.07) is 7.94. The van der Waals surface area contributed by atoms with Crippen LogP contribution < -0.4 is 0 Å². The second kappa shape index (κ2) is 5.97. The summed E-state index contributed by atoms with van der Waals surface area (Å²) in [5.41, 5.74) is 2.09. The number of aldehydes is 1. The maximum absolute atomic E-state index is 10.6. The Morgan fingerprint density at radius 1 is 1.35 bits per heavy atom. The predicted octanol–water partition coefficient (Wildman–Crippen LogP) is 2.77. The number of hydrogen-bond donors (Lipinski definition) is 0. The van der Waals surface area contributed by atoms with E-state index in [1.54, 1.807) is 0 Å². The van der Waals surface area contributed by atoms with Gasteiger partial charge in [0.2, 0.25) is 0 Å². The van der Waals surface area contributed by atoms with Gasteiger partial charge in [-0.15, -0.1) is 0 Å². The Balaban J connectivity index is 1.82. The molecule has 0 saturated carbocycles. The molecule has 0 bridgehead atoms. The molecule has 0 radical (unpaired) electrons. The quantitative estimate of drug-likeness (QED) is 0.743. The maximum atomic E-state index is 10.6. The predicted molar refractivity (Wildman–Crippen MR) is 70.4 cm³/mol. The van der Waals surface area contributed by atoms with Crippen molar-refractivity contribution >= 4 is 6.29 Å². The molecule has 1 aromatic carbocycles. The molecule has 17 heavy (non-hydrogen) atoms. The molecule has 2 nitrogen and oxygen atoms in total. The Morgan fingerprint density at radius 3 is 2.76 bits per heavy atom. The summed E-state index contributed by atoms with van der Waals surface area (Å²) in [6.45, 7) is 5.97. The van der Waals surface area contributed by atoms with E-state index in [-0.39, 0.29) is 0 Å². The molecule has 1 unspecified atom stereocenters. The molecule has 0 aromatic heterocycles. The van der Waals surface area contributed by atoms with Crippen LogP contribution in [0.5, 0.6) is 0 Å². The fourth-order valence-electron chi connectivity index (χ4n) is 2.54. The molecule has 0 spiro atoms.